The lowest BCUT2D eigenvalue weighted by molar-refractivity contribution is -0.143. The Morgan fingerprint density at radius 1 is 1.11 bits per heavy atom. The van der Waals surface area contributed by atoms with Gasteiger partial charge >= 0.3 is 6.09 Å². The Balaban J connectivity index is 3.45. The molecule has 0 aliphatic carbocycles. The van der Waals surface area contributed by atoms with Gasteiger partial charge in [0.15, 0.2) is 0 Å². The maximum Gasteiger partial charge on any atom is 0.408 e. The normalized spacial score (nSPS) is 14.6. The number of amides is 3. The van der Waals surface area contributed by atoms with Crippen molar-refractivity contribution in [1.29, 1.82) is 5.26 Å². The summed E-state index contributed by atoms with van der Waals surface area (Å²) in [6.07, 6.45) is 1.42. The van der Waals surface area contributed by atoms with Crippen LogP contribution in [0.1, 0.15) is 79.3 Å². The Bertz CT molecular complexity index is 888. The van der Waals surface area contributed by atoms with E-state index in [0.29, 0.717) is 12.0 Å². The summed E-state index contributed by atoms with van der Waals surface area (Å²) >= 11 is 0. The second-order valence-corrected chi connectivity index (χ2v) is 9.83. The van der Waals surface area contributed by atoms with Crippen LogP contribution in [-0.4, -0.2) is 52.1 Å². The quantitative estimate of drug-likeness (QED) is 0.403. The number of hydrogen-bond acceptors (Lipinski definition) is 6. The lowest BCUT2D eigenvalue weighted by Gasteiger charge is -2.35. The number of hydrogen-bond donors (Lipinski definition) is 3. The van der Waals surface area contributed by atoms with Crippen LogP contribution in [0.3, 0.4) is 0 Å². The number of phenolic OH excluding ortho intramolecular Hbond substituents is 1. The molecule has 0 fully saturated rings. The van der Waals surface area contributed by atoms with Crippen molar-refractivity contribution in [3.8, 4) is 11.8 Å². The molecule has 35 heavy (non-hydrogen) atoms. The molecule has 9 heteroatoms. The molecule has 0 spiro atoms. The van der Waals surface area contributed by atoms with E-state index in [1.807, 2.05) is 33.8 Å². The van der Waals surface area contributed by atoms with Crippen molar-refractivity contribution in [1.82, 2.24) is 15.5 Å². The molecule has 9 nitrogen and oxygen atoms in total. The molecule has 0 radical (unpaired) electrons. The highest BCUT2D eigenvalue weighted by molar-refractivity contribution is 5.92. The molecule has 4 unspecified atom stereocenters. The fourth-order valence-electron chi connectivity index (χ4n) is 3.63. The third-order valence-corrected chi connectivity index (χ3v) is 5.55. The molecule has 0 saturated carbocycles. The van der Waals surface area contributed by atoms with E-state index in [9.17, 15) is 24.8 Å². The highest BCUT2D eigenvalue weighted by Gasteiger charge is 2.38. The SMILES string of the molecule is CCCC(C)NC(=O)C(c1ccc(O)cc1)N(CC#N)C(=O)C(NC(=O)OC(C)(C)C)C(C)CC. The van der Waals surface area contributed by atoms with Gasteiger partial charge in [0.05, 0.1) is 6.07 Å². The Labute approximate surface area is 208 Å². The number of carbonyl (C=O) groups excluding carboxylic acids is 3. The first-order chi connectivity index (χ1) is 16.3. The molecule has 0 aliphatic heterocycles. The largest absolute Gasteiger partial charge is 0.508 e. The predicted molar refractivity (Wildman–Crippen MR) is 133 cm³/mol. The van der Waals surface area contributed by atoms with Crippen LogP contribution in [0.15, 0.2) is 24.3 Å². The van der Waals surface area contributed by atoms with Gasteiger partial charge < -0.3 is 25.4 Å². The van der Waals surface area contributed by atoms with Gasteiger partial charge in [-0.1, -0.05) is 45.7 Å². The predicted octanol–water partition coefficient (Wildman–Crippen LogP) is 4.03. The van der Waals surface area contributed by atoms with Gasteiger partial charge in [-0.15, -0.1) is 0 Å². The number of nitrogens with one attached hydrogen (secondary N) is 2. The fourth-order valence-corrected chi connectivity index (χ4v) is 3.63. The van der Waals surface area contributed by atoms with E-state index in [-0.39, 0.29) is 24.3 Å². The second kappa shape index (κ2) is 13.6. The van der Waals surface area contributed by atoms with Crippen molar-refractivity contribution in [2.45, 2.75) is 91.5 Å². The molecule has 0 aromatic heterocycles. The van der Waals surface area contributed by atoms with Crippen molar-refractivity contribution >= 4 is 17.9 Å². The van der Waals surface area contributed by atoms with Crippen molar-refractivity contribution in [2.75, 3.05) is 6.54 Å². The van der Waals surface area contributed by atoms with Crippen LogP contribution in [0.2, 0.25) is 0 Å². The van der Waals surface area contributed by atoms with Crippen LogP contribution >= 0.6 is 0 Å². The number of benzene rings is 1. The standard InChI is InChI=1S/C26H40N4O5/c1-8-10-18(4)28-23(32)22(19-11-13-20(31)14-12-19)30(16-15-27)24(33)21(17(3)9-2)29-25(34)35-26(5,6)7/h11-14,17-18,21-22,31H,8-10,16H2,1-7H3,(H,28,32)(H,29,34). The Kier molecular flexibility index (Phi) is 11.5. The molecule has 0 aliphatic rings. The zero-order valence-corrected chi connectivity index (χ0v) is 21.9. The third kappa shape index (κ3) is 9.47. The van der Waals surface area contributed by atoms with Gasteiger partial charge in [0.1, 0.15) is 30.0 Å². The van der Waals surface area contributed by atoms with Crippen molar-refractivity contribution in [3.63, 3.8) is 0 Å². The number of alkyl carbamates (subject to hydrolysis) is 1. The molecule has 0 saturated heterocycles. The van der Waals surface area contributed by atoms with Gasteiger partial charge in [-0.05, 0) is 57.7 Å². The summed E-state index contributed by atoms with van der Waals surface area (Å²) in [6, 6.07) is 5.63. The first-order valence-electron chi connectivity index (χ1n) is 12.1. The van der Waals surface area contributed by atoms with Crippen molar-refractivity contribution < 1.29 is 24.2 Å². The summed E-state index contributed by atoms with van der Waals surface area (Å²) in [5, 5.41) is 24.9. The summed E-state index contributed by atoms with van der Waals surface area (Å²) in [6.45, 7) is 12.4. The van der Waals surface area contributed by atoms with Gasteiger partial charge in [-0.25, -0.2) is 4.79 Å². The molecule has 3 amide bonds. The summed E-state index contributed by atoms with van der Waals surface area (Å²) in [4.78, 5) is 40.9. The molecular formula is C26H40N4O5. The van der Waals surface area contributed by atoms with Gasteiger partial charge in [0.2, 0.25) is 11.8 Å². The highest BCUT2D eigenvalue weighted by Crippen LogP contribution is 2.26. The Morgan fingerprint density at radius 2 is 1.71 bits per heavy atom. The van der Waals surface area contributed by atoms with Gasteiger partial charge in [-0.3, -0.25) is 9.59 Å². The van der Waals surface area contributed by atoms with Crippen LogP contribution < -0.4 is 10.6 Å². The van der Waals surface area contributed by atoms with Crippen LogP contribution in [-0.2, 0) is 14.3 Å². The molecule has 1 rings (SSSR count). The molecule has 194 valence electrons. The first kappa shape index (κ1) is 29.8. The van der Waals surface area contributed by atoms with Crippen LogP contribution in [0.4, 0.5) is 4.79 Å². The Morgan fingerprint density at radius 3 is 2.20 bits per heavy atom. The average Bonchev–Trinajstić information content (AvgIpc) is 2.76. The number of nitrogens with zero attached hydrogens (tertiary/aromatic N) is 2. The monoisotopic (exact) mass is 488 g/mol. The number of ether oxygens (including phenoxy) is 1. The fraction of sp³-hybridized carbons (Fsp3) is 0.615. The maximum absolute atomic E-state index is 13.8. The molecular weight excluding hydrogens is 448 g/mol. The minimum Gasteiger partial charge on any atom is -0.508 e. The number of phenols is 1. The first-order valence-corrected chi connectivity index (χ1v) is 12.1. The number of aromatic hydroxyl groups is 1. The minimum atomic E-state index is -1.13. The summed E-state index contributed by atoms with van der Waals surface area (Å²) in [5.41, 5.74) is -0.323. The lowest BCUT2D eigenvalue weighted by atomic mass is 9.95. The van der Waals surface area contributed by atoms with E-state index in [1.165, 1.54) is 17.0 Å². The summed E-state index contributed by atoms with van der Waals surface area (Å²) in [7, 11) is 0. The summed E-state index contributed by atoms with van der Waals surface area (Å²) in [5.74, 6) is -1.29. The number of rotatable bonds is 11. The van der Waals surface area contributed by atoms with Gasteiger partial charge in [-0.2, -0.15) is 5.26 Å². The van der Waals surface area contributed by atoms with Gasteiger partial charge in [0.25, 0.3) is 0 Å². The number of carbonyl (C=O) groups is 3. The van der Waals surface area contributed by atoms with E-state index >= 15 is 0 Å². The van der Waals surface area contributed by atoms with Crippen LogP contribution in [0.25, 0.3) is 0 Å². The average molecular weight is 489 g/mol. The second-order valence-electron chi connectivity index (χ2n) is 9.83. The molecule has 0 bridgehead atoms. The molecule has 4 atom stereocenters. The highest BCUT2D eigenvalue weighted by atomic mass is 16.6. The minimum absolute atomic E-state index is 0.00879. The Hall–Kier alpha value is -3.28. The zero-order chi connectivity index (χ0) is 26.8. The van der Waals surface area contributed by atoms with Gasteiger partial charge in [0, 0.05) is 6.04 Å². The van der Waals surface area contributed by atoms with E-state index in [1.54, 1.807) is 32.9 Å². The molecule has 1 aromatic carbocycles. The zero-order valence-electron chi connectivity index (χ0n) is 21.9. The van der Waals surface area contributed by atoms with E-state index in [0.717, 1.165) is 12.8 Å². The van der Waals surface area contributed by atoms with E-state index < -0.39 is 35.6 Å². The number of nitriles is 1. The van der Waals surface area contributed by atoms with Crippen LogP contribution in [0, 0.1) is 17.2 Å². The smallest absolute Gasteiger partial charge is 0.408 e. The van der Waals surface area contributed by atoms with Crippen molar-refractivity contribution in [3.05, 3.63) is 29.8 Å². The van der Waals surface area contributed by atoms with E-state index in [4.69, 9.17) is 4.74 Å². The molecule has 0 heterocycles. The third-order valence-electron chi connectivity index (χ3n) is 5.55. The van der Waals surface area contributed by atoms with Crippen LogP contribution in [0.5, 0.6) is 5.75 Å². The topological polar surface area (TPSA) is 132 Å². The lowest BCUT2D eigenvalue weighted by Crippen LogP contribution is -2.55. The molecule has 1 aromatic rings. The maximum atomic E-state index is 13.8. The molecule has 3 N–H and O–H groups in total. The van der Waals surface area contributed by atoms with E-state index in [2.05, 4.69) is 10.6 Å². The summed E-state index contributed by atoms with van der Waals surface area (Å²) < 4.78 is 5.35. The van der Waals surface area contributed by atoms with Crippen molar-refractivity contribution in [2.24, 2.45) is 5.92 Å².